The summed E-state index contributed by atoms with van der Waals surface area (Å²) in [5.41, 5.74) is 7.10. The highest BCUT2D eigenvalue weighted by molar-refractivity contribution is 7.43. The lowest BCUT2D eigenvalue weighted by atomic mass is 9.98. The third-order valence-corrected chi connectivity index (χ3v) is 7.65. The average molecular weight is 524 g/mol. The van der Waals surface area contributed by atoms with E-state index in [1.807, 2.05) is 85.0 Å². The van der Waals surface area contributed by atoms with E-state index < -0.39 is 43.6 Å². The Morgan fingerprint density at radius 3 is 2.00 bits per heavy atom. The zero-order valence-corrected chi connectivity index (χ0v) is 21.4. The number of carboxylic acid groups (broad SMARTS) is 1. The summed E-state index contributed by atoms with van der Waals surface area (Å²) in [4.78, 5) is 35.2. The molecule has 0 saturated heterocycles. The molecule has 0 heterocycles. The molecule has 0 saturated carbocycles. The molecule has 10 heteroatoms. The van der Waals surface area contributed by atoms with Crippen molar-refractivity contribution in [2.24, 2.45) is 11.7 Å². The molecule has 1 aliphatic carbocycles. The van der Waals surface area contributed by atoms with Crippen LogP contribution in [0.25, 0.3) is 0 Å². The standard InChI is InChI=1S/C27H31N4O5P/c1-18(25(33)29-22(27(34)35)16-17-23(28)32)31-37(36)26(21-14-8-9-15-21)30-24(19-10-4-2-5-11-19)20-12-6-3-7-13-20/h2-15,18,21-22,24,26,30H,16-17H2,1H3,(H4-,28,29,31,32,33,34,35,36)/p+1/t18-,22-,26?/m0/s1. The number of benzene rings is 2. The number of primary amides is 1. The number of hydrogen-bond donors (Lipinski definition) is 5. The van der Waals surface area contributed by atoms with E-state index in [1.54, 1.807) is 0 Å². The Balaban J connectivity index is 1.77. The second kappa shape index (κ2) is 13.6. The summed E-state index contributed by atoms with van der Waals surface area (Å²) in [7, 11) is -2.19. The third-order valence-electron chi connectivity index (χ3n) is 6.01. The van der Waals surface area contributed by atoms with Gasteiger partial charge < -0.3 is 16.2 Å². The molecule has 2 unspecified atom stereocenters. The maximum atomic E-state index is 13.6. The lowest BCUT2D eigenvalue weighted by Gasteiger charge is -2.24. The first-order valence-electron chi connectivity index (χ1n) is 12.0. The Labute approximate surface area is 217 Å². The van der Waals surface area contributed by atoms with Crippen LogP contribution in [0, 0.1) is 5.92 Å². The first kappa shape index (κ1) is 27.9. The van der Waals surface area contributed by atoms with Gasteiger partial charge in [-0.15, -0.1) is 0 Å². The number of aliphatic carboxylic acids is 1. The third kappa shape index (κ3) is 8.18. The van der Waals surface area contributed by atoms with E-state index >= 15 is 0 Å². The van der Waals surface area contributed by atoms with Crippen LogP contribution in [-0.4, -0.2) is 40.8 Å². The monoisotopic (exact) mass is 523 g/mol. The molecular formula is C27H32N4O5P+. The van der Waals surface area contributed by atoms with Crippen LogP contribution in [0.15, 0.2) is 85.0 Å². The Morgan fingerprint density at radius 2 is 1.51 bits per heavy atom. The number of amides is 2. The Kier molecular flexibility index (Phi) is 10.3. The summed E-state index contributed by atoms with van der Waals surface area (Å²) in [6.07, 6.45) is 7.33. The van der Waals surface area contributed by atoms with Crippen molar-refractivity contribution in [3.05, 3.63) is 96.1 Å². The van der Waals surface area contributed by atoms with Gasteiger partial charge in [0.25, 0.3) is 0 Å². The number of rotatable bonds is 14. The van der Waals surface area contributed by atoms with Crippen molar-refractivity contribution in [1.82, 2.24) is 15.7 Å². The Morgan fingerprint density at radius 1 is 0.973 bits per heavy atom. The maximum Gasteiger partial charge on any atom is 0.452 e. The second-order valence-corrected chi connectivity index (χ2v) is 10.3. The number of allylic oxidation sites excluding steroid dienone is 2. The fourth-order valence-corrected chi connectivity index (χ4v) is 5.47. The van der Waals surface area contributed by atoms with Crippen molar-refractivity contribution in [3.63, 3.8) is 0 Å². The van der Waals surface area contributed by atoms with E-state index in [0.717, 1.165) is 11.1 Å². The highest BCUT2D eigenvalue weighted by Crippen LogP contribution is 2.35. The van der Waals surface area contributed by atoms with Gasteiger partial charge >= 0.3 is 13.9 Å². The van der Waals surface area contributed by atoms with E-state index in [1.165, 1.54) is 6.92 Å². The lowest BCUT2D eigenvalue weighted by molar-refractivity contribution is -0.142. The quantitative estimate of drug-likeness (QED) is 0.239. The SMILES string of the molecule is C[C@H](N[P+](=O)C(NC(c1ccccc1)c1ccccc1)C1C=CC=C1)C(=O)N[C@@H](CCC(N)=O)C(=O)O. The second-order valence-electron chi connectivity index (χ2n) is 8.79. The molecule has 0 fully saturated rings. The molecule has 6 N–H and O–H groups in total. The molecule has 0 aromatic heterocycles. The number of nitrogens with two attached hydrogens (primary N) is 1. The van der Waals surface area contributed by atoms with Gasteiger partial charge in [-0.05, 0) is 29.0 Å². The summed E-state index contributed by atoms with van der Waals surface area (Å²) >= 11 is 0. The van der Waals surface area contributed by atoms with E-state index in [0.29, 0.717) is 0 Å². The number of hydrogen-bond acceptors (Lipinski definition) is 5. The smallest absolute Gasteiger partial charge is 0.452 e. The van der Waals surface area contributed by atoms with Gasteiger partial charge in [0.1, 0.15) is 12.1 Å². The number of nitrogens with one attached hydrogen (secondary N) is 3. The Hall–Kier alpha value is -3.65. The van der Waals surface area contributed by atoms with Crippen molar-refractivity contribution >= 4 is 25.7 Å². The van der Waals surface area contributed by atoms with Crippen molar-refractivity contribution < 1.29 is 24.1 Å². The van der Waals surface area contributed by atoms with Crippen LogP contribution in [0.4, 0.5) is 0 Å². The molecule has 2 amide bonds. The van der Waals surface area contributed by atoms with Crippen LogP contribution in [0.1, 0.15) is 36.9 Å². The molecule has 9 nitrogen and oxygen atoms in total. The fourth-order valence-electron chi connectivity index (χ4n) is 4.01. The highest BCUT2D eigenvalue weighted by Gasteiger charge is 2.41. The first-order valence-corrected chi connectivity index (χ1v) is 13.3. The topological polar surface area (TPSA) is 151 Å². The molecule has 2 aromatic rings. The van der Waals surface area contributed by atoms with Gasteiger partial charge in [-0.2, -0.15) is 0 Å². The molecule has 194 valence electrons. The molecule has 0 bridgehead atoms. The van der Waals surface area contributed by atoms with Gasteiger partial charge in [0, 0.05) is 6.42 Å². The maximum absolute atomic E-state index is 13.6. The minimum absolute atomic E-state index is 0.132. The lowest BCUT2D eigenvalue weighted by Crippen LogP contribution is -2.49. The van der Waals surface area contributed by atoms with Crippen LogP contribution >= 0.6 is 7.95 Å². The fraction of sp³-hybridized carbons (Fsp3) is 0.296. The molecule has 0 radical (unpaired) electrons. The van der Waals surface area contributed by atoms with Crippen LogP contribution in [0.2, 0.25) is 0 Å². The Bertz CT molecular complexity index is 1100. The van der Waals surface area contributed by atoms with E-state index in [9.17, 15) is 24.1 Å². The number of carbonyl (C=O) groups excluding carboxylic acids is 2. The first-order chi connectivity index (χ1) is 17.8. The minimum Gasteiger partial charge on any atom is -0.480 e. The van der Waals surface area contributed by atoms with E-state index in [2.05, 4.69) is 15.7 Å². The molecule has 1 aliphatic rings. The normalized spacial score (nSPS) is 15.8. The van der Waals surface area contributed by atoms with Crippen LogP contribution in [0.3, 0.4) is 0 Å². The van der Waals surface area contributed by atoms with Gasteiger partial charge in [-0.1, -0.05) is 90.1 Å². The van der Waals surface area contributed by atoms with Crippen molar-refractivity contribution in [2.75, 3.05) is 0 Å². The summed E-state index contributed by atoms with van der Waals surface area (Å²) in [5, 5.41) is 18.2. The predicted molar refractivity (Wildman–Crippen MR) is 142 cm³/mol. The van der Waals surface area contributed by atoms with Gasteiger partial charge in [0.15, 0.2) is 0 Å². The van der Waals surface area contributed by atoms with Crippen molar-refractivity contribution in [3.8, 4) is 0 Å². The molecule has 0 spiro atoms. The molecule has 2 aromatic carbocycles. The van der Waals surface area contributed by atoms with E-state index in [-0.39, 0.29) is 24.8 Å². The van der Waals surface area contributed by atoms with Gasteiger partial charge in [-0.3, -0.25) is 14.9 Å². The molecular weight excluding hydrogens is 491 g/mol. The average Bonchev–Trinajstić information content (AvgIpc) is 3.42. The molecule has 4 atom stereocenters. The number of carbonyl (C=O) groups is 3. The van der Waals surface area contributed by atoms with Crippen molar-refractivity contribution in [2.45, 2.75) is 43.7 Å². The van der Waals surface area contributed by atoms with Crippen molar-refractivity contribution in [1.29, 1.82) is 0 Å². The molecule has 3 rings (SSSR count). The molecule has 37 heavy (non-hydrogen) atoms. The van der Waals surface area contributed by atoms with Crippen LogP contribution < -0.4 is 21.5 Å². The summed E-state index contributed by atoms with van der Waals surface area (Å²) < 4.78 is 13.6. The van der Waals surface area contributed by atoms with Gasteiger partial charge in [0.05, 0.1) is 12.0 Å². The van der Waals surface area contributed by atoms with Crippen LogP contribution in [0.5, 0.6) is 0 Å². The predicted octanol–water partition coefficient (Wildman–Crippen LogP) is 2.99. The number of carboxylic acids is 1. The summed E-state index contributed by atoms with van der Waals surface area (Å²) in [5.74, 6) is -3.34. The van der Waals surface area contributed by atoms with Gasteiger partial charge in [0.2, 0.25) is 17.6 Å². The zero-order chi connectivity index (χ0) is 26.8. The largest absolute Gasteiger partial charge is 0.480 e. The summed E-state index contributed by atoms with van der Waals surface area (Å²) in [6, 6.07) is 17.1. The molecule has 0 aliphatic heterocycles. The zero-order valence-electron chi connectivity index (χ0n) is 20.5. The van der Waals surface area contributed by atoms with Gasteiger partial charge in [-0.25, -0.2) is 4.79 Å². The highest BCUT2D eigenvalue weighted by atomic mass is 31.1. The summed E-state index contributed by atoms with van der Waals surface area (Å²) in [6.45, 7) is 1.51. The minimum atomic E-state index is -2.19. The van der Waals surface area contributed by atoms with Crippen LogP contribution in [-0.2, 0) is 18.9 Å². The van der Waals surface area contributed by atoms with E-state index in [4.69, 9.17) is 5.73 Å².